The van der Waals surface area contributed by atoms with Crippen molar-refractivity contribution in [3.63, 3.8) is 0 Å². The van der Waals surface area contributed by atoms with Crippen molar-refractivity contribution in [3.8, 4) is 0 Å². The second kappa shape index (κ2) is 8.19. The Hall–Kier alpha value is -2.17. The van der Waals surface area contributed by atoms with E-state index in [1.807, 2.05) is 6.92 Å². The minimum atomic E-state index is -1.05. The van der Waals surface area contributed by atoms with Crippen molar-refractivity contribution in [1.29, 1.82) is 0 Å². The Morgan fingerprint density at radius 2 is 1.67 bits per heavy atom. The largest absolute Gasteiger partial charge is 0.421 e. The van der Waals surface area contributed by atoms with Crippen LogP contribution >= 0.6 is 0 Å². The summed E-state index contributed by atoms with van der Waals surface area (Å²) in [7, 11) is 0. The fourth-order valence-corrected chi connectivity index (χ4v) is 1.80. The zero-order valence-electron chi connectivity index (χ0n) is 12.4. The molecule has 0 fully saturated rings. The van der Waals surface area contributed by atoms with Gasteiger partial charge in [-0.15, -0.1) is 0 Å². The number of rotatable bonds is 6. The first-order chi connectivity index (χ1) is 9.92. The molecule has 1 rings (SSSR count). The van der Waals surface area contributed by atoms with Crippen LogP contribution in [0.25, 0.3) is 6.08 Å². The first-order valence-electron chi connectivity index (χ1n) is 6.72. The molecule has 21 heavy (non-hydrogen) atoms. The van der Waals surface area contributed by atoms with Crippen molar-refractivity contribution in [2.45, 2.75) is 39.9 Å². The minimum Gasteiger partial charge on any atom is -0.421 e. The van der Waals surface area contributed by atoms with Crippen molar-refractivity contribution >= 4 is 18.0 Å². The van der Waals surface area contributed by atoms with Gasteiger partial charge in [-0.3, -0.25) is 9.59 Å². The zero-order chi connectivity index (χ0) is 15.8. The Labute approximate surface area is 123 Å². The van der Waals surface area contributed by atoms with E-state index in [0.717, 1.165) is 12.0 Å². The molecule has 0 aliphatic rings. The second-order valence-electron chi connectivity index (χ2n) is 4.57. The third kappa shape index (κ3) is 6.21. The maximum atomic E-state index is 12.9. The maximum absolute atomic E-state index is 12.9. The average Bonchev–Trinajstić information content (AvgIpc) is 2.39. The van der Waals surface area contributed by atoms with Gasteiger partial charge in [0.25, 0.3) is 6.29 Å². The first-order valence-corrected chi connectivity index (χ1v) is 6.72. The number of ether oxygens (including phenoxy) is 2. The molecule has 0 spiro atoms. The third-order valence-electron chi connectivity index (χ3n) is 2.61. The Morgan fingerprint density at radius 3 is 2.10 bits per heavy atom. The molecule has 0 N–H and O–H groups in total. The van der Waals surface area contributed by atoms with Gasteiger partial charge in [0.2, 0.25) is 0 Å². The molecule has 1 aromatic rings. The summed E-state index contributed by atoms with van der Waals surface area (Å²) >= 11 is 0. The van der Waals surface area contributed by atoms with Gasteiger partial charge < -0.3 is 9.47 Å². The number of esters is 2. The molecule has 114 valence electrons. The van der Waals surface area contributed by atoms with E-state index in [-0.39, 0.29) is 5.82 Å². The Balaban J connectivity index is 3.06. The standard InChI is InChI=1S/C16H19FO4/c1-4-5-14(10-13-6-8-15(17)9-7-13)16(20-11(2)18)21-12(3)19/h6-10,16H,4-5H2,1-3H3/b14-10+. The molecule has 0 saturated heterocycles. The van der Waals surface area contributed by atoms with Crippen LogP contribution in [-0.2, 0) is 19.1 Å². The molecular weight excluding hydrogens is 275 g/mol. The number of carbonyl (C=O) groups excluding carboxylic acids is 2. The highest BCUT2D eigenvalue weighted by atomic mass is 19.1. The fraction of sp³-hybridized carbons (Fsp3) is 0.375. The summed E-state index contributed by atoms with van der Waals surface area (Å²) in [6.07, 6.45) is 2.05. The summed E-state index contributed by atoms with van der Waals surface area (Å²) in [6.45, 7) is 4.45. The lowest BCUT2D eigenvalue weighted by atomic mass is 10.1. The summed E-state index contributed by atoms with van der Waals surface area (Å²) < 4.78 is 23.0. The smallest absolute Gasteiger partial charge is 0.305 e. The number of halogens is 1. The van der Waals surface area contributed by atoms with Crippen LogP contribution in [-0.4, -0.2) is 18.2 Å². The molecule has 0 saturated carbocycles. The predicted octanol–water partition coefficient (Wildman–Crippen LogP) is 3.46. The molecule has 0 aliphatic heterocycles. The van der Waals surface area contributed by atoms with Gasteiger partial charge in [0.1, 0.15) is 5.82 Å². The van der Waals surface area contributed by atoms with E-state index in [1.54, 1.807) is 18.2 Å². The van der Waals surface area contributed by atoms with E-state index < -0.39 is 18.2 Å². The predicted molar refractivity (Wildman–Crippen MR) is 76.6 cm³/mol. The van der Waals surface area contributed by atoms with Gasteiger partial charge in [-0.2, -0.15) is 0 Å². The molecule has 1 aromatic carbocycles. The highest BCUT2D eigenvalue weighted by molar-refractivity contribution is 5.69. The molecule has 4 nitrogen and oxygen atoms in total. The molecule has 0 heterocycles. The quantitative estimate of drug-likeness (QED) is 0.595. The zero-order valence-corrected chi connectivity index (χ0v) is 12.4. The summed E-state index contributed by atoms with van der Waals surface area (Å²) in [5, 5.41) is 0. The topological polar surface area (TPSA) is 52.6 Å². The lowest BCUT2D eigenvalue weighted by Gasteiger charge is -2.19. The van der Waals surface area contributed by atoms with Gasteiger partial charge in [-0.25, -0.2) is 4.39 Å². The van der Waals surface area contributed by atoms with E-state index in [2.05, 4.69) is 0 Å². The monoisotopic (exact) mass is 294 g/mol. The van der Waals surface area contributed by atoms with Crippen molar-refractivity contribution in [2.24, 2.45) is 0 Å². The number of hydrogen-bond donors (Lipinski definition) is 0. The van der Waals surface area contributed by atoms with Gasteiger partial charge in [-0.05, 0) is 30.2 Å². The SMILES string of the molecule is CCC/C(=C\c1ccc(F)cc1)C(OC(C)=O)OC(C)=O. The Bertz CT molecular complexity index is 504. The lowest BCUT2D eigenvalue weighted by molar-refractivity contribution is -0.178. The molecule has 0 aliphatic carbocycles. The van der Waals surface area contributed by atoms with E-state index in [1.165, 1.54) is 26.0 Å². The van der Waals surface area contributed by atoms with Gasteiger partial charge >= 0.3 is 11.9 Å². The molecule has 0 amide bonds. The Morgan fingerprint density at radius 1 is 1.14 bits per heavy atom. The van der Waals surface area contributed by atoms with Crippen molar-refractivity contribution < 1.29 is 23.5 Å². The molecule has 0 unspecified atom stereocenters. The summed E-state index contributed by atoms with van der Waals surface area (Å²) in [4.78, 5) is 22.3. The van der Waals surface area contributed by atoms with Crippen molar-refractivity contribution in [3.05, 3.63) is 41.2 Å². The van der Waals surface area contributed by atoms with Gasteiger partial charge in [0.05, 0.1) is 0 Å². The third-order valence-corrected chi connectivity index (χ3v) is 2.61. The van der Waals surface area contributed by atoms with E-state index >= 15 is 0 Å². The molecule has 0 radical (unpaired) electrons. The van der Waals surface area contributed by atoms with Crippen LogP contribution in [0, 0.1) is 5.82 Å². The van der Waals surface area contributed by atoms with Crippen molar-refractivity contribution in [2.75, 3.05) is 0 Å². The summed E-state index contributed by atoms with van der Waals surface area (Å²) in [5.74, 6) is -1.41. The number of benzene rings is 1. The fourth-order valence-electron chi connectivity index (χ4n) is 1.80. The van der Waals surface area contributed by atoms with Crippen LogP contribution < -0.4 is 0 Å². The first kappa shape index (κ1) is 16.9. The minimum absolute atomic E-state index is 0.333. The number of carbonyl (C=O) groups is 2. The second-order valence-corrected chi connectivity index (χ2v) is 4.57. The average molecular weight is 294 g/mol. The summed E-state index contributed by atoms with van der Waals surface area (Å²) in [6, 6.07) is 5.87. The van der Waals surface area contributed by atoms with Crippen molar-refractivity contribution in [1.82, 2.24) is 0 Å². The molecular formula is C16H19FO4. The van der Waals surface area contributed by atoms with E-state index in [9.17, 15) is 14.0 Å². The molecule has 5 heteroatoms. The van der Waals surface area contributed by atoms with Crippen LogP contribution in [0.3, 0.4) is 0 Å². The van der Waals surface area contributed by atoms with Gasteiger partial charge in [-0.1, -0.05) is 25.5 Å². The van der Waals surface area contributed by atoms with Gasteiger partial charge in [0.15, 0.2) is 0 Å². The molecule has 0 aromatic heterocycles. The highest BCUT2D eigenvalue weighted by Gasteiger charge is 2.20. The van der Waals surface area contributed by atoms with E-state index in [4.69, 9.17) is 9.47 Å². The highest BCUT2D eigenvalue weighted by Crippen LogP contribution is 2.20. The molecule has 0 bridgehead atoms. The lowest BCUT2D eigenvalue weighted by Crippen LogP contribution is -2.24. The van der Waals surface area contributed by atoms with Crippen LogP contribution in [0.2, 0.25) is 0 Å². The Kier molecular flexibility index (Phi) is 6.59. The maximum Gasteiger partial charge on any atom is 0.305 e. The summed E-state index contributed by atoms with van der Waals surface area (Å²) in [5.41, 5.74) is 1.39. The van der Waals surface area contributed by atoms with Crippen LogP contribution in [0.4, 0.5) is 4.39 Å². The normalized spacial score (nSPS) is 11.4. The van der Waals surface area contributed by atoms with Crippen LogP contribution in [0.15, 0.2) is 29.8 Å². The van der Waals surface area contributed by atoms with Crippen LogP contribution in [0.5, 0.6) is 0 Å². The molecule has 0 atom stereocenters. The van der Waals surface area contributed by atoms with Crippen LogP contribution in [0.1, 0.15) is 39.2 Å². The number of hydrogen-bond acceptors (Lipinski definition) is 4. The van der Waals surface area contributed by atoms with E-state index in [0.29, 0.717) is 12.0 Å². The van der Waals surface area contributed by atoms with Gasteiger partial charge in [0, 0.05) is 19.4 Å².